The van der Waals surface area contributed by atoms with Crippen LogP contribution in [0.25, 0.3) is 10.9 Å². The normalized spacial score (nSPS) is 16.1. The number of ether oxygens (including phenoxy) is 3. The van der Waals surface area contributed by atoms with Crippen LogP contribution in [0.1, 0.15) is 36.2 Å². The first kappa shape index (κ1) is 24.5. The highest BCUT2D eigenvalue weighted by atomic mass is 19.1. The van der Waals surface area contributed by atoms with Gasteiger partial charge in [-0.2, -0.15) is 0 Å². The van der Waals surface area contributed by atoms with Crippen molar-refractivity contribution in [1.82, 2.24) is 15.0 Å². The zero-order valence-corrected chi connectivity index (χ0v) is 19.8. The fraction of sp³-hybridized carbons (Fsp3) is 0.478. The van der Waals surface area contributed by atoms with Crippen molar-refractivity contribution in [1.29, 1.82) is 0 Å². The molecule has 2 aliphatic rings. The van der Waals surface area contributed by atoms with Crippen LogP contribution >= 0.6 is 0 Å². The molecule has 1 aliphatic carbocycles. The third-order valence-corrected chi connectivity index (χ3v) is 6.04. The molecule has 0 atom stereocenters. The van der Waals surface area contributed by atoms with E-state index in [1.165, 1.54) is 32.3 Å². The summed E-state index contributed by atoms with van der Waals surface area (Å²) in [6, 6.07) is 1.18. The van der Waals surface area contributed by atoms with E-state index in [2.05, 4.69) is 5.43 Å². The maximum absolute atomic E-state index is 15.5. The summed E-state index contributed by atoms with van der Waals surface area (Å²) in [6.07, 6.45) is 3.15. The van der Waals surface area contributed by atoms with Crippen LogP contribution in [0.3, 0.4) is 0 Å². The average Bonchev–Trinajstić information content (AvgIpc) is 3.69. The van der Waals surface area contributed by atoms with Gasteiger partial charge in [-0.3, -0.25) is 19.4 Å². The summed E-state index contributed by atoms with van der Waals surface area (Å²) in [4.78, 5) is 50.3. The lowest BCUT2D eigenvalue weighted by Crippen LogP contribution is -2.45. The van der Waals surface area contributed by atoms with Gasteiger partial charge in [-0.25, -0.2) is 14.6 Å². The fourth-order valence-corrected chi connectivity index (χ4v) is 4.24. The highest BCUT2D eigenvalue weighted by Crippen LogP contribution is 2.43. The maximum Gasteiger partial charge on any atom is 0.343 e. The van der Waals surface area contributed by atoms with Crippen LogP contribution in [0.5, 0.6) is 5.75 Å². The molecule has 0 unspecified atom stereocenters. The number of aromatic nitrogens is 1. The van der Waals surface area contributed by atoms with Crippen LogP contribution in [-0.4, -0.2) is 74.4 Å². The molecule has 1 aromatic heterocycles. The van der Waals surface area contributed by atoms with Crippen LogP contribution in [-0.2, 0) is 19.1 Å². The van der Waals surface area contributed by atoms with E-state index in [4.69, 9.17) is 14.2 Å². The monoisotopic (exact) mass is 490 g/mol. The Morgan fingerprint density at radius 2 is 1.91 bits per heavy atom. The number of carbonyl (C=O) groups excluding carboxylic acids is 3. The number of pyridine rings is 1. The van der Waals surface area contributed by atoms with E-state index in [-0.39, 0.29) is 41.5 Å². The van der Waals surface area contributed by atoms with Crippen molar-refractivity contribution in [2.24, 2.45) is 0 Å². The Bertz CT molecular complexity index is 1240. The minimum Gasteiger partial charge on any atom is -0.492 e. The zero-order chi connectivity index (χ0) is 25.3. The van der Waals surface area contributed by atoms with Crippen molar-refractivity contribution >= 4 is 34.4 Å². The summed E-state index contributed by atoms with van der Waals surface area (Å²) in [5, 5.41) is 1.36. The summed E-state index contributed by atoms with van der Waals surface area (Å²) in [5.41, 5.74) is 2.73. The molecule has 1 saturated carbocycles. The van der Waals surface area contributed by atoms with Gasteiger partial charge in [0, 0.05) is 38.8 Å². The molecule has 35 heavy (non-hydrogen) atoms. The predicted molar refractivity (Wildman–Crippen MR) is 123 cm³/mol. The quantitative estimate of drug-likeness (QED) is 0.591. The van der Waals surface area contributed by atoms with Gasteiger partial charge in [-0.1, -0.05) is 0 Å². The number of methoxy groups -OCH3 is 2. The number of carbonyl (C=O) groups is 3. The molecule has 2 heterocycles. The fourth-order valence-electron chi connectivity index (χ4n) is 4.24. The SMILES string of the molecule is COC(=O)c1cn(C2CC2)c2c(OC)c(N3CCNN(C(=O)COC(C)=O)CC3)c(F)cc2c1=O. The molecular formula is C23H27FN4O7. The van der Waals surface area contributed by atoms with Gasteiger partial charge in [0.2, 0.25) is 5.43 Å². The molecule has 12 heteroatoms. The van der Waals surface area contributed by atoms with Gasteiger partial charge in [-0.05, 0) is 18.9 Å². The molecule has 1 N–H and O–H groups in total. The van der Waals surface area contributed by atoms with Crippen molar-refractivity contribution in [3.63, 3.8) is 0 Å². The van der Waals surface area contributed by atoms with Crippen LogP contribution in [0.15, 0.2) is 17.1 Å². The van der Waals surface area contributed by atoms with E-state index in [9.17, 15) is 19.2 Å². The number of benzene rings is 1. The van der Waals surface area contributed by atoms with E-state index in [0.29, 0.717) is 18.6 Å². The first-order valence-electron chi connectivity index (χ1n) is 11.2. The number of amides is 1. The van der Waals surface area contributed by atoms with Crippen molar-refractivity contribution in [2.75, 3.05) is 51.9 Å². The van der Waals surface area contributed by atoms with Gasteiger partial charge in [0.15, 0.2) is 18.2 Å². The van der Waals surface area contributed by atoms with Crippen molar-refractivity contribution in [3.05, 3.63) is 33.9 Å². The molecule has 0 radical (unpaired) electrons. The van der Waals surface area contributed by atoms with Crippen LogP contribution in [0.4, 0.5) is 10.1 Å². The molecule has 4 rings (SSSR count). The van der Waals surface area contributed by atoms with Crippen molar-refractivity contribution < 1.29 is 33.0 Å². The Morgan fingerprint density at radius 1 is 1.17 bits per heavy atom. The second kappa shape index (κ2) is 9.90. The lowest BCUT2D eigenvalue weighted by molar-refractivity contribution is -0.151. The lowest BCUT2D eigenvalue weighted by Gasteiger charge is -2.27. The third-order valence-electron chi connectivity index (χ3n) is 6.04. The molecule has 11 nitrogen and oxygen atoms in total. The lowest BCUT2D eigenvalue weighted by atomic mass is 10.1. The first-order chi connectivity index (χ1) is 16.8. The standard InChI is InChI=1S/C23H27FN4O7/c1-13(29)35-12-18(30)28-9-8-26(7-6-25-28)20-17(24)10-15-19(22(20)33-2)27(14-4-5-14)11-16(21(15)31)23(32)34-3/h10-11,14,25H,4-9,12H2,1-3H3. The van der Waals surface area contributed by atoms with Crippen molar-refractivity contribution in [2.45, 2.75) is 25.8 Å². The van der Waals surface area contributed by atoms with Gasteiger partial charge < -0.3 is 23.7 Å². The van der Waals surface area contributed by atoms with Gasteiger partial charge in [-0.15, -0.1) is 0 Å². The van der Waals surface area contributed by atoms with Gasteiger partial charge in [0.1, 0.15) is 11.3 Å². The van der Waals surface area contributed by atoms with Crippen LogP contribution < -0.4 is 20.5 Å². The summed E-state index contributed by atoms with van der Waals surface area (Å²) in [6.45, 7) is 1.91. The van der Waals surface area contributed by atoms with E-state index in [1.807, 2.05) is 0 Å². The Balaban J connectivity index is 1.75. The molecule has 0 bridgehead atoms. The third kappa shape index (κ3) is 4.78. The predicted octanol–water partition coefficient (Wildman–Crippen LogP) is 0.987. The number of hydrazine groups is 1. The number of rotatable bonds is 6. The number of fused-ring (bicyclic) bond motifs is 1. The first-order valence-corrected chi connectivity index (χ1v) is 11.2. The second-order valence-corrected chi connectivity index (χ2v) is 8.36. The average molecular weight is 490 g/mol. The summed E-state index contributed by atoms with van der Waals surface area (Å²) >= 11 is 0. The number of anilines is 1. The minimum atomic E-state index is -0.785. The Hall–Kier alpha value is -3.67. The number of hydrogen-bond acceptors (Lipinski definition) is 9. The number of nitrogens with zero attached hydrogens (tertiary/aromatic N) is 3. The minimum absolute atomic E-state index is 0.0315. The molecule has 2 aromatic rings. The molecule has 0 spiro atoms. The largest absolute Gasteiger partial charge is 0.492 e. The smallest absolute Gasteiger partial charge is 0.343 e. The number of esters is 2. The maximum atomic E-state index is 15.5. The molecule has 1 saturated heterocycles. The summed E-state index contributed by atoms with van der Waals surface area (Å²) in [5.74, 6) is -2.27. The molecule has 188 valence electrons. The van der Waals surface area contributed by atoms with E-state index >= 15 is 4.39 Å². The highest BCUT2D eigenvalue weighted by Gasteiger charge is 2.32. The molecular weight excluding hydrogens is 463 g/mol. The van der Waals surface area contributed by atoms with Crippen LogP contribution in [0, 0.1) is 5.82 Å². The van der Waals surface area contributed by atoms with Gasteiger partial charge >= 0.3 is 11.9 Å². The number of nitrogens with one attached hydrogen (secondary N) is 1. The highest BCUT2D eigenvalue weighted by molar-refractivity contribution is 5.97. The van der Waals surface area contributed by atoms with Crippen LogP contribution in [0.2, 0.25) is 0 Å². The summed E-state index contributed by atoms with van der Waals surface area (Å²) < 4.78 is 32.5. The Morgan fingerprint density at radius 3 is 2.54 bits per heavy atom. The topological polar surface area (TPSA) is 119 Å². The zero-order valence-electron chi connectivity index (χ0n) is 19.8. The molecule has 2 fully saturated rings. The van der Waals surface area contributed by atoms with E-state index in [0.717, 1.165) is 18.9 Å². The Kier molecular flexibility index (Phi) is 6.92. The van der Waals surface area contributed by atoms with E-state index in [1.54, 1.807) is 9.47 Å². The number of hydrogen-bond donors (Lipinski definition) is 1. The number of halogens is 1. The van der Waals surface area contributed by atoms with Crippen molar-refractivity contribution in [3.8, 4) is 5.75 Å². The van der Waals surface area contributed by atoms with Gasteiger partial charge in [0.25, 0.3) is 5.91 Å². The molecule has 1 aromatic carbocycles. The van der Waals surface area contributed by atoms with Gasteiger partial charge in [0.05, 0.1) is 31.7 Å². The second-order valence-electron chi connectivity index (χ2n) is 8.36. The van der Waals surface area contributed by atoms with E-state index < -0.39 is 35.7 Å². The molecule has 1 aliphatic heterocycles. The summed E-state index contributed by atoms with van der Waals surface area (Å²) in [7, 11) is 2.59. The molecule has 1 amide bonds. The Labute approximate surface area is 200 Å².